The van der Waals surface area contributed by atoms with E-state index in [-0.39, 0.29) is 12.6 Å². The minimum atomic E-state index is -0.353. The largest absolute Gasteiger partial charge is 0.457 e. The molecule has 0 saturated carbocycles. The van der Waals surface area contributed by atoms with Gasteiger partial charge in [-0.05, 0) is 51.5 Å². The maximum Gasteiger partial charge on any atom is 0.338 e. The molecular formula is C17H12N4O2S. The van der Waals surface area contributed by atoms with Crippen LogP contribution in [-0.2, 0) is 11.3 Å². The fourth-order valence-electron chi connectivity index (χ4n) is 2.40. The van der Waals surface area contributed by atoms with Crippen LogP contribution in [0.1, 0.15) is 15.9 Å². The Balaban J connectivity index is 1.46. The van der Waals surface area contributed by atoms with Gasteiger partial charge in [0.25, 0.3) is 0 Å². The van der Waals surface area contributed by atoms with Crippen molar-refractivity contribution in [2.24, 2.45) is 0 Å². The molecule has 0 unspecified atom stereocenters. The van der Waals surface area contributed by atoms with E-state index in [0.29, 0.717) is 5.56 Å². The molecule has 2 heterocycles. The second-order valence-corrected chi connectivity index (χ2v) is 6.05. The summed E-state index contributed by atoms with van der Waals surface area (Å²) in [6, 6.07) is 15.0. The molecule has 6 nitrogen and oxygen atoms in total. The summed E-state index contributed by atoms with van der Waals surface area (Å²) in [5.74, 6) is -0.353. The van der Waals surface area contributed by atoms with Crippen molar-refractivity contribution in [1.29, 1.82) is 0 Å². The Labute approximate surface area is 141 Å². The maximum absolute atomic E-state index is 12.2. The first-order valence-corrected chi connectivity index (χ1v) is 8.15. The highest BCUT2D eigenvalue weighted by molar-refractivity contribution is 7.17. The van der Waals surface area contributed by atoms with E-state index in [2.05, 4.69) is 21.6 Å². The molecule has 4 rings (SSSR count). The van der Waals surface area contributed by atoms with Crippen LogP contribution in [0.15, 0.2) is 60.2 Å². The van der Waals surface area contributed by atoms with Gasteiger partial charge in [0.1, 0.15) is 12.9 Å². The van der Waals surface area contributed by atoms with Crippen molar-refractivity contribution in [2.45, 2.75) is 6.61 Å². The van der Waals surface area contributed by atoms with Gasteiger partial charge in [-0.1, -0.05) is 18.2 Å². The predicted molar refractivity (Wildman–Crippen MR) is 90.1 cm³/mol. The number of rotatable bonds is 4. The molecule has 0 spiro atoms. The number of carbonyl (C=O) groups is 1. The Morgan fingerprint density at radius 3 is 2.75 bits per heavy atom. The number of hydrogen-bond donors (Lipinski definition) is 0. The lowest BCUT2D eigenvalue weighted by Gasteiger charge is -2.05. The minimum absolute atomic E-state index is 0.262. The smallest absolute Gasteiger partial charge is 0.338 e. The van der Waals surface area contributed by atoms with Crippen molar-refractivity contribution in [1.82, 2.24) is 20.2 Å². The number of esters is 1. The molecule has 4 aromatic rings. The van der Waals surface area contributed by atoms with E-state index >= 15 is 0 Å². The predicted octanol–water partition coefficient (Wildman–Crippen LogP) is 3.23. The summed E-state index contributed by atoms with van der Waals surface area (Å²) in [6.07, 6.45) is 1.50. The van der Waals surface area contributed by atoms with E-state index in [4.69, 9.17) is 4.74 Å². The SMILES string of the molecule is O=C(OCc1csc2ccccc12)c1ccc(-n2cnnn2)cc1. The molecule has 0 aliphatic carbocycles. The molecule has 0 aliphatic rings. The van der Waals surface area contributed by atoms with E-state index in [1.165, 1.54) is 15.7 Å². The summed E-state index contributed by atoms with van der Waals surface area (Å²) in [6.45, 7) is 0.262. The summed E-state index contributed by atoms with van der Waals surface area (Å²) in [5.41, 5.74) is 2.29. The van der Waals surface area contributed by atoms with Crippen LogP contribution in [0.25, 0.3) is 15.8 Å². The zero-order valence-electron chi connectivity index (χ0n) is 12.5. The molecule has 0 radical (unpaired) electrons. The van der Waals surface area contributed by atoms with E-state index in [1.807, 2.05) is 23.6 Å². The summed E-state index contributed by atoms with van der Waals surface area (Å²) < 4.78 is 8.14. The molecule has 0 bridgehead atoms. The van der Waals surface area contributed by atoms with Gasteiger partial charge in [0.2, 0.25) is 0 Å². The van der Waals surface area contributed by atoms with Crippen molar-refractivity contribution >= 4 is 27.4 Å². The second-order valence-electron chi connectivity index (χ2n) is 5.13. The fourth-order valence-corrected chi connectivity index (χ4v) is 3.35. The molecular weight excluding hydrogens is 324 g/mol. The molecule has 0 saturated heterocycles. The lowest BCUT2D eigenvalue weighted by Crippen LogP contribution is -2.05. The topological polar surface area (TPSA) is 69.9 Å². The van der Waals surface area contributed by atoms with Gasteiger partial charge in [-0.15, -0.1) is 16.4 Å². The van der Waals surface area contributed by atoms with E-state index in [9.17, 15) is 4.79 Å². The van der Waals surface area contributed by atoms with Crippen LogP contribution in [-0.4, -0.2) is 26.2 Å². The summed E-state index contributed by atoms with van der Waals surface area (Å²) in [5, 5.41) is 14.1. The summed E-state index contributed by atoms with van der Waals surface area (Å²) in [4.78, 5) is 12.2. The first kappa shape index (κ1) is 14.5. The van der Waals surface area contributed by atoms with Crippen molar-refractivity contribution < 1.29 is 9.53 Å². The minimum Gasteiger partial charge on any atom is -0.457 e. The standard InChI is InChI=1S/C17H12N4O2S/c22-17(12-5-7-14(8-6-12)21-11-18-19-20-21)23-9-13-10-24-16-4-2-1-3-15(13)16/h1-8,10-11H,9H2. The summed E-state index contributed by atoms with van der Waals surface area (Å²) >= 11 is 1.65. The van der Waals surface area contributed by atoms with Crippen molar-refractivity contribution in [3.8, 4) is 5.69 Å². The molecule has 0 fully saturated rings. The highest BCUT2D eigenvalue weighted by Crippen LogP contribution is 2.26. The molecule has 2 aromatic carbocycles. The van der Waals surface area contributed by atoms with Crippen LogP contribution >= 0.6 is 11.3 Å². The number of fused-ring (bicyclic) bond motifs is 1. The van der Waals surface area contributed by atoms with Crippen molar-refractivity contribution in [3.63, 3.8) is 0 Å². The Morgan fingerprint density at radius 1 is 1.12 bits per heavy atom. The monoisotopic (exact) mass is 336 g/mol. The van der Waals surface area contributed by atoms with Gasteiger partial charge in [-0.2, -0.15) is 0 Å². The average Bonchev–Trinajstić information content (AvgIpc) is 3.30. The van der Waals surface area contributed by atoms with Crippen LogP contribution in [0.4, 0.5) is 0 Å². The quantitative estimate of drug-likeness (QED) is 0.535. The van der Waals surface area contributed by atoms with Crippen LogP contribution in [0.5, 0.6) is 0 Å². The first-order valence-electron chi connectivity index (χ1n) is 7.27. The van der Waals surface area contributed by atoms with Crippen molar-refractivity contribution in [3.05, 3.63) is 71.4 Å². The Kier molecular flexibility index (Phi) is 3.76. The van der Waals surface area contributed by atoms with Crippen LogP contribution in [0, 0.1) is 0 Å². The van der Waals surface area contributed by atoms with Gasteiger partial charge in [-0.25, -0.2) is 9.48 Å². The molecule has 0 amide bonds. The molecule has 0 atom stereocenters. The lowest BCUT2D eigenvalue weighted by atomic mass is 10.2. The normalized spacial score (nSPS) is 10.8. The number of carbonyl (C=O) groups excluding carboxylic acids is 1. The molecule has 0 N–H and O–H groups in total. The second kappa shape index (κ2) is 6.21. The summed E-state index contributed by atoms with van der Waals surface area (Å²) in [7, 11) is 0. The zero-order chi connectivity index (χ0) is 16.4. The molecule has 2 aromatic heterocycles. The molecule has 0 aliphatic heterocycles. The zero-order valence-corrected chi connectivity index (χ0v) is 13.3. The van der Waals surface area contributed by atoms with Crippen molar-refractivity contribution in [2.75, 3.05) is 0 Å². The van der Waals surface area contributed by atoms with Crippen LogP contribution in [0.2, 0.25) is 0 Å². The van der Waals surface area contributed by atoms with Gasteiger partial charge in [-0.3, -0.25) is 0 Å². The van der Waals surface area contributed by atoms with Gasteiger partial charge >= 0.3 is 5.97 Å². The number of thiophene rings is 1. The highest BCUT2D eigenvalue weighted by Gasteiger charge is 2.10. The van der Waals surface area contributed by atoms with E-state index in [1.54, 1.807) is 35.6 Å². The van der Waals surface area contributed by atoms with E-state index in [0.717, 1.165) is 16.6 Å². The average molecular weight is 336 g/mol. The first-order chi connectivity index (χ1) is 11.8. The number of benzene rings is 2. The van der Waals surface area contributed by atoms with Crippen LogP contribution in [0.3, 0.4) is 0 Å². The lowest BCUT2D eigenvalue weighted by molar-refractivity contribution is 0.0475. The third-order valence-corrected chi connectivity index (χ3v) is 4.65. The fraction of sp³-hybridized carbons (Fsp3) is 0.0588. The van der Waals surface area contributed by atoms with E-state index < -0.39 is 0 Å². The van der Waals surface area contributed by atoms with Crippen LogP contribution < -0.4 is 0 Å². The number of tetrazole rings is 1. The highest BCUT2D eigenvalue weighted by atomic mass is 32.1. The number of aromatic nitrogens is 4. The molecule has 24 heavy (non-hydrogen) atoms. The molecule has 7 heteroatoms. The van der Waals surface area contributed by atoms with Gasteiger partial charge in [0.15, 0.2) is 0 Å². The third kappa shape index (κ3) is 2.77. The Bertz CT molecular complexity index is 977. The number of ether oxygens (including phenoxy) is 1. The van der Waals surface area contributed by atoms with Gasteiger partial charge in [0.05, 0.1) is 11.3 Å². The number of nitrogens with zero attached hydrogens (tertiary/aromatic N) is 4. The van der Waals surface area contributed by atoms with Gasteiger partial charge in [0, 0.05) is 10.3 Å². The Hall–Kier alpha value is -3.06. The van der Waals surface area contributed by atoms with Gasteiger partial charge < -0.3 is 4.74 Å². The molecule has 118 valence electrons. The number of hydrogen-bond acceptors (Lipinski definition) is 6. The third-order valence-electron chi connectivity index (χ3n) is 3.64. The maximum atomic E-state index is 12.2. The Morgan fingerprint density at radius 2 is 1.96 bits per heavy atom.